The van der Waals surface area contributed by atoms with Gasteiger partial charge in [-0.05, 0) is 12.1 Å². The maximum Gasteiger partial charge on any atom is 0.253 e. The van der Waals surface area contributed by atoms with Crippen molar-refractivity contribution in [3.8, 4) is 10.6 Å². The van der Waals surface area contributed by atoms with Gasteiger partial charge in [0.1, 0.15) is 5.01 Å². The maximum absolute atomic E-state index is 12.5. The number of carbonyl (C=O) groups excluding carboxylic acids is 1. The molecule has 0 saturated carbocycles. The van der Waals surface area contributed by atoms with Crippen molar-refractivity contribution in [3.05, 3.63) is 77.3 Å². The van der Waals surface area contributed by atoms with Crippen LogP contribution < -0.4 is 0 Å². The molecule has 0 N–H and O–H groups in total. The molecule has 1 aliphatic rings. The Morgan fingerprint density at radius 3 is 2.27 bits per heavy atom. The van der Waals surface area contributed by atoms with Crippen molar-refractivity contribution in [2.75, 3.05) is 26.2 Å². The Balaban J connectivity index is 1.33. The molecule has 0 bridgehead atoms. The quantitative estimate of drug-likeness (QED) is 0.708. The number of hydrogen-bond donors (Lipinski definition) is 0. The second-order valence-electron chi connectivity index (χ2n) is 6.44. The van der Waals surface area contributed by atoms with Gasteiger partial charge >= 0.3 is 0 Å². The van der Waals surface area contributed by atoms with Crippen molar-refractivity contribution < 1.29 is 4.79 Å². The van der Waals surface area contributed by atoms with Crippen LogP contribution in [-0.2, 0) is 6.54 Å². The van der Waals surface area contributed by atoms with Crippen molar-refractivity contribution in [3.63, 3.8) is 0 Å². The summed E-state index contributed by atoms with van der Waals surface area (Å²) in [5.41, 5.74) is 3.05. The van der Waals surface area contributed by atoms with Crippen molar-refractivity contribution >= 4 is 17.2 Å². The molecule has 0 unspecified atom stereocenters. The number of thiazole rings is 1. The van der Waals surface area contributed by atoms with E-state index >= 15 is 0 Å². The highest BCUT2D eigenvalue weighted by Crippen LogP contribution is 2.24. The van der Waals surface area contributed by atoms with E-state index in [1.54, 1.807) is 11.3 Å². The zero-order valence-corrected chi connectivity index (χ0v) is 15.4. The highest BCUT2D eigenvalue weighted by molar-refractivity contribution is 7.13. The van der Waals surface area contributed by atoms with Gasteiger partial charge in [-0.25, -0.2) is 4.98 Å². The lowest BCUT2D eigenvalue weighted by Crippen LogP contribution is -2.48. The van der Waals surface area contributed by atoms with Crippen LogP contribution in [0.25, 0.3) is 10.6 Å². The van der Waals surface area contributed by atoms with Gasteiger partial charge in [0.25, 0.3) is 5.91 Å². The number of nitrogens with zero attached hydrogens (tertiary/aromatic N) is 3. The van der Waals surface area contributed by atoms with E-state index in [1.807, 2.05) is 53.4 Å². The van der Waals surface area contributed by atoms with Crippen LogP contribution in [-0.4, -0.2) is 46.9 Å². The van der Waals surface area contributed by atoms with Crippen LogP contribution in [0.3, 0.4) is 0 Å². The summed E-state index contributed by atoms with van der Waals surface area (Å²) in [5.74, 6) is 0.130. The third-order valence-electron chi connectivity index (χ3n) is 4.64. The van der Waals surface area contributed by atoms with Gasteiger partial charge in [0.05, 0.1) is 5.69 Å². The summed E-state index contributed by atoms with van der Waals surface area (Å²) >= 11 is 1.69. The molecule has 4 rings (SSSR count). The van der Waals surface area contributed by atoms with Crippen LogP contribution in [0.2, 0.25) is 0 Å². The average Bonchev–Trinajstić information content (AvgIpc) is 3.18. The first kappa shape index (κ1) is 16.9. The Bertz CT molecular complexity index is 855. The molecule has 5 heteroatoms. The summed E-state index contributed by atoms with van der Waals surface area (Å²) in [6.45, 7) is 4.15. The molecule has 3 aromatic rings. The topological polar surface area (TPSA) is 36.4 Å². The number of rotatable bonds is 4. The summed E-state index contributed by atoms with van der Waals surface area (Å²) in [6.07, 6.45) is 0. The van der Waals surface area contributed by atoms with Crippen molar-refractivity contribution in [2.24, 2.45) is 0 Å². The zero-order valence-electron chi connectivity index (χ0n) is 14.5. The van der Waals surface area contributed by atoms with Gasteiger partial charge in [0.2, 0.25) is 0 Å². The Morgan fingerprint density at radius 2 is 1.58 bits per heavy atom. The average molecular weight is 363 g/mol. The molecule has 1 aliphatic heterocycles. The summed E-state index contributed by atoms with van der Waals surface area (Å²) in [4.78, 5) is 21.6. The number of carbonyl (C=O) groups is 1. The number of piperazine rings is 1. The fourth-order valence-electron chi connectivity index (χ4n) is 3.19. The highest BCUT2D eigenvalue weighted by Gasteiger charge is 2.22. The number of amides is 1. The molecule has 1 amide bonds. The maximum atomic E-state index is 12.5. The van der Waals surface area contributed by atoms with Crippen molar-refractivity contribution in [1.29, 1.82) is 0 Å². The fraction of sp³-hybridized carbons (Fsp3) is 0.238. The molecule has 4 nitrogen and oxygen atoms in total. The minimum Gasteiger partial charge on any atom is -0.336 e. The Hall–Kier alpha value is -2.50. The lowest BCUT2D eigenvalue weighted by Gasteiger charge is -2.34. The van der Waals surface area contributed by atoms with Gasteiger partial charge in [-0.2, -0.15) is 0 Å². The number of aromatic nitrogens is 1. The minimum atomic E-state index is 0.130. The molecule has 0 spiro atoms. The third kappa shape index (κ3) is 3.84. The van der Waals surface area contributed by atoms with Gasteiger partial charge in [-0.3, -0.25) is 9.69 Å². The molecular weight excluding hydrogens is 342 g/mol. The summed E-state index contributed by atoms with van der Waals surface area (Å²) in [7, 11) is 0. The summed E-state index contributed by atoms with van der Waals surface area (Å²) in [5, 5.41) is 3.21. The predicted molar refractivity (Wildman–Crippen MR) is 105 cm³/mol. The predicted octanol–water partition coefficient (Wildman–Crippen LogP) is 3.77. The van der Waals surface area contributed by atoms with E-state index in [0.29, 0.717) is 0 Å². The van der Waals surface area contributed by atoms with Gasteiger partial charge in [0.15, 0.2) is 0 Å². The summed E-state index contributed by atoms with van der Waals surface area (Å²) in [6, 6.07) is 19.8. The van der Waals surface area contributed by atoms with Crippen LogP contribution >= 0.6 is 11.3 Å². The fourth-order valence-corrected chi connectivity index (χ4v) is 4.01. The number of benzene rings is 2. The standard InChI is InChI=1S/C21H21N3OS/c25-21(18-9-5-2-6-10-18)24-13-11-23(12-14-24)15-19-16-26-20(22-19)17-7-3-1-4-8-17/h1-10,16H,11-15H2. The first-order valence-corrected chi connectivity index (χ1v) is 9.74. The molecule has 132 valence electrons. The van der Waals surface area contributed by atoms with Crippen LogP contribution in [0.1, 0.15) is 16.1 Å². The SMILES string of the molecule is O=C(c1ccccc1)N1CCN(Cc2csc(-c3ccccc3)n2)CC1. The van der Waals surface area contributed by atoms with E-state index in [1.165, 1.54) is 5.56 Å². The lowest BCUT2D eigenvalue weighted by molar-refractivity contribution is 0.0627. The van der Waals surface area contributed by atoms with E-state index in [4.69, 9.17) is 4.98 Å². The Kier molecular flexibility index (Phi) is 5.09. The Morgan fingerprint density at radius 1 is 0.923 bits per heavy atom. The second-order valence-corrected chi connectivity index (χ2v) is 7.30. The Labute approximate surface area is 157 Å². The second kappa shape index (κ2) is 7.81. The molecule has 1 aromatic heterocycles. The largest absolute Gasteiger partial charge is 0.336 e. The monoisotopic (exact) mass is 363 g/mol. The van der Waals surface area contributed by atoms with Gasteiger partial charge in [-0.1, -0.05) is 48.5 Å². The molecular formula is C21H21N3OS. The van der Waals surface area contributed by atoms with E-state index in [9.17, 15) is 4.79 Å². The molecule has 0 atom stereocenters. The van der Waals surface area contributed by atoms with E-state index < -0.39 is 0 Å². The van der Waals surface area contributed by atoms with E-state index in [0.717, 1.165) is 49.0 Å². The van der Waals surface area contributed by atoms with Gasteiger partial charge in [-0.15, -0.1) is 11.3 Å². The molecule has 0 aliphatic carbocycles. The van der Waals surface area contributed by atoms with Crippen LogP contribution in [0, 0.1) is 0 Å². The van der Waals surface area contributed by atoms with Crippen molar-refractivity contribution in [2.45, 2.75) is 6.54 Å². The first-order chi connectivity index (χ1) is 12.8. The molecule has 1 saturated heterocycles. The van der Waals surface area contributed by atoms with Gasteiger partial charge in [0, 0.05) is 49.2 Å². The molecule has 2 aromatic carbocycles. The lowest BCUT2D eigenvalue weighted by atomic mass is 10.2. The van der Waals surface area contributed by atoms with Crippen molar-refractivity contribution in [1.82, 2.24) is 14.8 Å². The molecule has 0 radical (unpaired) electrons. The van der Waals surface area contributed by atoms with Crippen LogP contribution in [0.15, 0.2) is 66.0 Å². The molecule has 2 heterocycles. The van der Waals surface area contributed by atoms with E-state index in [2.05, 4.69) is 22.4 Å². The molecule has 1 fully saturated rings. The molecule has 26 heavy (non-hydrogen) atoms. The van der Waals surface area contributed by atoms with Crippen LogP contribution in [0.5, 0.6) is 0 Å². The summed E-state index contributed by atoms with van der Waals surface area (Å²) < 4.78 is 0. The first-order valence-electron chi connectivity index (χ1n) is 8.86. The zero-order chi connectivity index (χ0) is 17.8. The smallest absolute Gasteiger partial charge is 0.253 e. The van der Waals surface area contributed by atoms with Crippen LogP contribution in [0.4, 0.5) is 0 Å². The normalized spacial score (nSPS) is 15.2. The van der Waals surface area contributed by atoms with E-state index in [-0.39, 0.29) is 5.91 Å². The van der Waals surface area contributed by atoms with Gasteiger partial charge < -0.3 is 4.90 Å². The highest BCUT2D eigenvalue weighted by atomic mass is 32.1. The third-order valence-corrected chi connectivity index (χ3v) is 5.58. The number of hydrogen-bond acceptors (Lipinski definition) is 4. The minimum absolute atomic E-state index is 0.130.